The Kier molecular flexibility index (Phi) is 5.48. The maximum absolute atomic E-state index is 12.2. The van der Waals surface area contributed by atoms with Crippen LogP contribution in [-0.2, 0) is 20.9 Å². The predicted octanol–water partition coefficient (Wildman–Crippen LogP) is 3.29. The lowest BCUT2D eigenvalue weighted by Crippen LogP contribution is -2.31. The fraction of sp³-hybridized carbons (Fsp3) is 0.200. The van der Waals surface area contributed by atoms with E-state index in [0.29, 0.717) is 11.6 Å². The molecule has 1 atom stereocenters. The van der Waals surface area contributed by atoms with Crippen LogP contribution in [0.1, 0.15) is 12.3 Å². The van der Waals surface area contributed by atoms with Gasteiger partial charge in [-0.05, 0) is 24.3 Å². The largest absolute Gasteiger partial charge is 0.497 e. The highest BCUT2D eigenvalue weighted by Gasteiger charge is 2.29. The molecule has 0 spiro atoms. The van der Waals surface area contributed by atoms with Crippen molar-refractivity contribution in [3.8, 4) is 17.1 Å². The monoisotopic (exact) mass is 411 g/mol. The molecule has 148 valence electrons. The molecule has 1 amide bonds. The normalized spacial score (nSPS) is 15.3. The number of benzene rings is 2. The van der Waals surface area contributed by atoms with Crippen LogP contribution in [-0.4, -0.2) is 34.4 Å². The molecule has 2 aromatic carbocycles. The molecule has 0 fully saturated rings. The maximum atomic E-state index is 12.2. The molecule has 0 radical (unpaired) electrons. The van der Waals surface area contributed by atoms with Crippen LogP contribution in [0.2, 0.25) is 0 Å². The van der Waals surface area contributed by atoms with Crippen molar-refractivity contribution >= 4 is 29.3 Å². The van der Waals surface area contributed by atoms with E-state index in [1.54, 1.807) is 13.2 Å². The molecule has 3 aromatic rings. The van der Waals surface area contributed by atoms with Crippen molar-refractivity contribution < 1.29 is 23.6 Å². The fourth-order valence-corrected chi connectivity index (χ4v) is 3.87. The van der Waals surface area contributed by atoms with Gasteiger partial charge in [-0.3, -0.25) is 9.59 Å². The van der Waals surface area contributed by atoms with E-state index in [9.17, 15) is 9.59 Å². The van der Waals surface area contributed by atoms with Gasteiger partial charge in [0.1, 0.15) is 5.75 Å². The Hall–Kier alpha value is -3.33. The first kappa shape index (κ1) is 19.0. The van der Waals surface area contributed by atoms with Gasteiger partial charge in [-0.15, -0.1) is 11.8 Å². The number of hydrogen-bond donors (Lipinski definition) is 1. The number of anilines is 1. The van der Waals surface area contributed by atoms with Crippen LogP contribution >= 0.6 is 11.8 Å². The van der Waals surface area contributed by atoms with Crippen molar-refractivity contribution in [2.75, 3.05) is 12.4 Å². The Balaban J connectivity index is 1.33. The number of thioether (sulfide) groups is 1. The van der Waals surface area contributed by atoms with E-state index in [2.05, 4.69) is 15.5 Å². The van der Waals surface area contributed by atoms with Gasteiger partial charge in [0.15, 0.2) is 6.61 Å². The Morgan fingerprint density at radius 2 is 2.10 bits per heavy atom. The van der Waals surface area contributed by atoms with E-state index in [-0.39, 0.29) is 24.8 Å². The highest BCUT2D eigenvalue weighted by atomic mass is 32.2. The lowest BCUT2D eigenvalue weighted by Gasteiger charge is -2.23. The topological polar surface area (TPSA) is 104 Å². The van der Waals surface area contributed by atoms with E-state index in [1.807, 2.05) is 42.5 Å². The van der Waals surface area contributed by atoms with Crippen LogP contribution in [0.5, 0.6) is 5.75 Å². The number of para-hydroxylation sites is 1. The molecule has 0 bridgehead atoms. The number of nitrogens with one attached hydrogen (secondary N) is 1. The van der Waals surface area contributed by atoms with Gasteiger partial charge < -0.3 is 19.3 Å². The molecule has 2 heterocycles. The zero-order chi connectivity index (χ0) is 20.2. The zero-order valence-electron chi connectivity index (χ0n) is 15.5. The number of hydrogen-bond acceptors (Lipinski definition) is 8. The molecule has 4 rings (SSSR count). The van der Waals surface area contributed by atoms with Crippen LogP contribution in [0.15, 0.2) is 57.9 Å². The number of amides is 1. The smallest absolute Gasteiger partial charge is 0.307 e. The number of nitrogens with zero attached hydrogens (tertiary/aromatic N) is 2. The summed E-state index contributed by atoms with van der Waals surface area (Å²) in [6.07, 6.45) is -0.0539. The van der Waals surface area contributed by atoms with Gasteiger partial charge in [-0.2, -0.15) is 4.98 Å². The summed E-state index contributed by atoms with van der Waals surface area (Å²) in [7, 11) is 1.57. The second-order valence-corrected chi connectivity index (χ2v) is 7.44. The minimum atomic E-state index is -0.549. The number of methoxy groups -OCH3 is 1. The summed E-state index contributed by atoms with van der Waals surface area (Å²) in [4.78, 5) is 29.5. The van der Waals surface area contributed by atoms with Crippen molar-refractivity contribution in [1.82, 2.24) is 10.1 Å². The molecule has 1 aromatic heterocycles. The second-order valence-electron chi connectivity index (χ2n) is 6.20. The lowest BCUT2D eigenvalue weighted by atomic mass is 10.2. The maximum Gasteiger partial charge on any atom is 0.307 e. The molecular weight excluding hydrogens is 394 g/mol. The highest BCUT2D eigenvalue weighted by Crippen LogP contribution is 2.36. The van der Waals surface area contributed by atoms with Crippen molar-refractivity contribution in [2.24, 2.45) is 0 Å². The summed E-state index contributed by atoms with van der Waals surface area (Å²) in [5, 5.41) is 6.14. The van der Waals surface area contributed by atoms with Crippen LogP contribution in [0.3, 0.4) is 0 Å². The molecule has 0 saturated carbocycles. The van der Waals surface area contributed by atoms with Crippen LogP contribution in [0.4, 0.5) is 5.69 Å². The van der Waals surface area contributed by atoms with E-state index in [1.165, 1.54) is 11.8 Å². The van der Waals surface area contributed by atoms with E-state index in [4.69, 9.17) is 14.0 Å². The zero-order valence-corrected chi connectivity index (χ0v) is 16.3. The van der Waals surface area contributed by atoms with Gasteiger partial charge >= 0.3 is 5.97 Å². The first-order chi connectivity index (χ1) is 14.1. The number of fused-ring (bicyclic) bond motifs is 1. The molecule has 1 N–H and O–H groups in total. The number of rotatable bonds is 6. The van der Waals surface area contributed by atoms with Crippen LogP contribution in [0, 0.1) is 0 Å². The van der Waals surface area contributed by atoms with Crippen LogP contribution in [0.25, 0.3) is 11.4 Å². The van der Waals surface area contributed by atoms with Crippen molar-refractivity contribution in [2.45, 2.75) is 23.2 Å². The minimum Gasteiger partial charge on any atom is -0.497 e. The minimum absolute atomic E-state index is 0.0539. The predicted molar refractivity (Wildman–Crippen MR) is 105 cm³/mol. The highest BCUT2D eigenvalue weighted by molar-refractivity contribution is 8.01. The third-order valence-corrected chi connectivity index (χ3v) is 5.49. The summed E-state index contributed by atoms with van der Waals surface area (Å²) in [6, 6.07) is 14.7. The van der Waals surface area contributed by atoms with Crippen LogP contribution < -0.4 is 10.1 Å². The number of aromatic nitrogens is 2. The third-order valence-electron chi connectivity index (χ3n) is 4.21. The first-order valence-corrected chi connectivity index (χ1v) is 9.69. The van der Waals surface area contributed by atoms with Crippen molar-refractivity contribution in [1.29, 1.82) is 0 Å². The molecule has 9 heteroatoms. The lowest BCUT2D eigenvalue weighted by molar-refractivity contribution is -0.146. The van der Waals surface area contributed by atoms with E-state index >= 15 is 0 Å². The summed E-state index contributed by atoms with van der Waals surface area (Å²) in [5.41, 5.74) is 1.47. The van der Waals surface area contributed by atoms with E-state index < -0.39 is 11.2 Å². The van der Waals surface area contributed by atoms with Gasteiger partial charge in [-0.25, -0.2) is 0 Å². The summed E-state index contributed by atoms with van der Waals surface area (Å²) >= 11 is 1.34. The van der Waals surface area contributed by atoms with Crippen molar-refractivity contribution in [3.63, 3.8) is 0 Å². The Labute approximate surface area is 170 Å². The Bertz CT molecular complexity index is 1050. The summed E-state index contributed by atoms with van der Waals surface area (Å²) < 4.78 is 15.5. The number of carbonyl (C=O) groups is 2. The molecular formula is C20H17N3O5S. The number of ether oxygens (including phenoxy) is 2. The molecule has 8 nitrogen and oxygen atoms in total. The summed E-state index contributed by atoms with van der Waals surface area (Å²) in [5.74, 6) is 0.475. The average molecular weight is 411 g/mol. The molecule has 1 aliphatic rings. The van der Waals surface area contributed by atoms with Gasteiger partial charge in [-0.1, -0.05) is 29.4 Å². The SMILES string of the molecule is COc1cccc(-c2noc(COC(=O)CC3Sc4ccccc4NC3=O)n2)c1. The Morgan fingerprint density at radius 3 is 2.97 bits per heavy atom. The van der Waals surface area contributed by atoms with Gasteiger partial charge in [0.25, 0.3) is 5.89 Å². The Morgan fingerprint density at radius 1 is 1.24 bits per heavy atom. The second kappa shape index (κ2) is 8.36. The molecule has 1 aliphatic heterocycles. The van der Waals surface area contributed by atoms with Gasteiger partial charge in [0.05, 0.1) is 24.5 Å². The number of esters is 1. The fourth-order valence-electron chi connectivity index (χ4n) is 2.77. The molecule has 0 aliphatic carbocycles. The quantitative estimate of drug-likeness (QED) is 0.616. The molecule has 0 saturated heterocycles. The van der Waals surface area contributed by atoms with Gasteiger partial charge in [0.2, 0.25) is 11.7 Å². The number of carbonyl (C=O) groups excluding carboxylic acids is 2. The average Bonchev–Trinajstić information content (AvgIpc) is 3.22. The standard InChI is InChI=1S/C20H17N3O5S/c1-26-13-6-4-5-12(9-13)19-22-17(28-23-19)11-27-18(24)10-16-20(25)21-14-7-2-3-8-15(14)29-16/h2-9,16H,10-11H2,1H3,(H,21,25). The van der Waals surface area contributed by atoms with Gasteiger partial charge in [0, 0.05) is 10.5 Å². The third kappa shape index (κ3) is 4.40. The summed E-state index contributed by atoms with van der Waals surface area (Å²) in [6.45, 7) is -0.161. The van der Waals surface area contributed by atoms with Crippen molar-refractivity contribution in [3.05, 3.63) is 54.4 Å². The van der Waals surface area contributed by atoms with E-state index in [0.717, 1.165) is 16.1 Å². The molecule has 29 heavy (non-hydrogen) atoms. The molecule has 1 unspecified atom stereocenters. The first-order valence-electron chi connectivity index (χ1n) is 8.81.